The monoisotopic (exact) mass is 474 g/mol. The van der Waals surface area contributed by atoms with Gasteiger partial charge in [0.1, 0.15) is 13.2 Å². The average Bonchev–Trinajstić information content (AvgIpc) is 3.51. The van der Waals surface area contributed by atoms with E-state index < -0.39 is 9.84 Å². The van der Waals surface area contributed by atoms with E-state index in [2.05, 4.69) is 5.16 Å². The minimum Gasteiger partial charge on any atom is -0.486 e. The van der Waals surface area contributed by atoms with Crippen LogP contribution in [0, 0.1) is 6.92 Å². The highest BCUT2D eigenvalue weighted by Gasteiger charge is 2.36. The molecule has 0 radical (unpaired) electrons. The van der Waals surface area contributed by atoms with E-state index in [9.17, 15) is 13.2 Å². The molecule has 32 heavy (non-hydrogen) atoms. The Hall–Kier alpha value is -2.85. The van der Waals surface area contributed by atoms with Crippen LogP contribution in [0.5, 0.6) is 11.5 Å². The molecule has 0 N–H and O–H groups in total. The van der Waals surface area contributed by atoms with Crippen molar-refractivity contribution in [2.45, 2.75) is 25.9 Å². The molecule has 168 valence electrons. The highest BCUT2D eigenvalue weighted by atomic mass is 32.2. The van der Waals surface area contributed by atoms with Crippen LogP contribution in [-0.2, 0) is 16.4 Å². The third-order valence-corrected chi connectivity index (χ3v) is 8.51. The number of nitrogens with zero attached hydrogens (tertiary/aromatic N) is 2. The Morgan fingerprint density at radius 3 is 2.72 bits per heavy atom. The molecule has 1 atom stereocenters. The standard InChI is InChI=1S/C22H22N2O6S2/c1-14-4-8-31-21(14)12-24(16-5-9-32(26,27)13-16)22(25)17-11-19(30-23-17)15-2-3-18-20(10-15)29-7-6-28-18/h2-4,8,10-11,16H,5-7,9,12-13H2,1H3. The summed E-state index contributed by atoms with van der Waals surface area (Å²) in [6.45, 7) is 3.30. The molecule has 2 aliphatic rings. The first-order chi connectivity index (χ1) is 15.4. The third-order valence-electron chi connectivity index (χ3n) is 5.75. The summed E-state index contributed by atoms with van der Waals surface area (Å²) < 4.78 is 40.8. The zero-order valence-corrected chi connectivity index (χ0v) is 19.1. The lowest BCUT2D eigenvalue weighted by Crippen LogP contribution is -2.40. The number of carbonyl (C=O) groups excluding carboxylic acids is 1. The molecule has 0 saturated carbocycles. The highest BCUT2D eigenvalue weighted by molar-refractivity contribution is 7.91. The van der Waals surface area contributed by atoms with Gasteiger partial charge < -0.3 is 18.9 Å². The number of hydrogen-bond donors (Lipinski definition) is 0. The van der Waals surface area contributed by atoms with E-state index in [0.29, 0.717) is 49.0 Å². The Bertz CT molecular complexity index is 1260. The number of ether oxygens (including phenoxy) is 2. The zero-order valence-electron chi connectivity index (χ0n) is 17.4. The number of hydrogen-bond acceptors (Lipinski definition) is 8. The molecule has 0 spiro atoms. The molecule has 1 aromatic carbocycles. The van der Waals surface area contributed by atoms with Crippen molar-refractivity contribution in [3.05, 3.63) is 51.8 Å². The predicted octanol–water partition coefficient (Wildman–Crippen LogP) is 3.31. The molecule has 0 aliphatic carbocycles. The molecule has 0 bridgehead atoms. The second kappa shape index (κ2) is 8.25. The van der Waals surface area contributed by atoms with Gasteiger partial charge in [-0.1, -0.05) is 5.16 Å². The summed E-state index contributed by atoms with van der Waals surface area (Å²) >= 11 is 1.55. The van der Waals surface area contributed by atoms with Crippen LogP contribution < -0.4 is 9.47 Å². The molecule has 8 nitrogen and oxygen atoms in total. The SMILES string of the molecule is Cc1ccsc1CN(C(=O)c1cc(-c2ccc3c(c2)OCCO3)on1)C1CCS(=O)(=O)C1. The van der Waals surface area contributed by atoms with Crippen LogP contribution >= 0.6 is 11.3 Å². The first kappa shape index (κ1) is 21.0. The van der Waals surface area contributed by atoms with Gasteiger partial charge in [-0.05, 0) is 48.6 Å². The number of fused-ring (bicyclic) bond motifs is 1. The quantitative estimate of drug-likeness (QED) is 0.559. The summed E-state index contributed by atoms with van der Waals surface area (Å²) in [5, 5.41) is 5.97. The maximum Gasteiger partial charge on any atom is 0.276 e. The summed E-state index contributed by atoms with van der Waals surface area (Å²) in [6.07, 6.45) is 0.422. The minimum absolute atomic E-state index is 0.0317. The fraction of sp³-hybridized carbons (Fsp3) is 0.364. The van der Waals surface area contributed by atoms with Gasteiger partial charge in [-0.15, -0.1) is 11.3 Å². The highest BCUT2D eigenvalue weighted by Crippen LogP contribution is 2.35. The van der Waals surface area contributed by atoms with Crippen LogP contribution in [0.4, 0.5) is 0 Å². The third kappa shape index (κ3) is 4.12. The topological polar surface area (TPSA) is 98.9 Å². The fourth-order valence-electron chi connectivity index (χ4n) is 3.96. The van der Waals surface area contributed by atoms with Crippen LogP contribution in [0.1, 0.15) is 27.3 Å². The number of sulfone groups is 1. The largest absolute Gasteiger partial charge is 0.486 e. The Labute approximate surface area is 189 Å². The first-order valence-electron chi connectivity index (χ1n) is 10.3. The number of aryl methyl sites for hydroxylation is 1. The van der Waals surface area contributed by atoms with Gasteiger partial charge >= 0.3 is 0 Å². The molecule has 2 aliphatic heterocycles. The molecule has 10 heteroatoms. The minimum atomic E-state index is -3.15. The van der Waals surface area contributed by atoms with Gasteiger partial charge in [0, 0.05) is 22.5 Å². The van der Waals surface area contributed by atoms with Crippen molar-refractivity contribution >= 4 is 27.1 Å². The van der Waals surface area contributed by atoms with Crippen molar-refractivity contribution in [1.82, 2.24) is 10.1 Å². The number of carbonyl (C=O) groups is 1. The van der Waals surface area contributed by atoms with Gasteiger partial charge in [-0.25, -0.2) is 8.42 Å². The number of thiophene rings is 1. The average molecular weight is 475 g/mol. The van der Waals surface area contributed by atoms with Crippen LogP contribution in [0.15, 0.2) is 40.2 Å². The fourth-order valence-corrected chi connectivity index (χ4v) is 6.60. The summed E-state index contributed by atoms with van der Waals surface area (Å²) in [4.78, 5) is 16.1. The molecule has 4 heterocycles. The number of aromatic nitrogens is 1. The Balaban J connectivity index is 1.43. The maximum atomic E-state index is 13.4. The van der Waals surface area contributed by atoms with Gasteiger partial charge in [-0.3, -0.25) is 4.79 Å². The predicted molar refractivity (Wildman–Crippen MR) is 119 cm³/mol. The Kier molecular flexibility index (Phi) is 5.42. The summed E-state index contributed by atoms with van der Waals surface area (Å²) in [6, 6.07) is 8.60. The van der Waals surface area contributed by atoms with Crippen LogP contribution in [0.25, 0.3) is 11.3 Å². The van der Waals surface area contributed by atoms with Gasteiger partial charge in [0.2, 0.25) is 0 Å². The molecule has 1 amide bonds. The lowest BCUT2D eigenvalue weighted by Gasteiger charge is -2.27. The maximum absolute atomic E-state index is 13.4. The lowest BCUT2D eigenvalue weighted by molar-refractivity contribution is 0.0672. The van der Waals surface area contributed by atoms with E-state index in [-0.39, 0.29) is 29.1 Å². The van der Waals surface area contributed by atoms with Gasteiger partial charge in [0.15, 0.2) is 32.8 Å². The van der Waals surface area contributed by atoms with E-state index in [1.54, 1.807) is 34.4 Å². The van der Waals surface area contributed by atoms with Crippen molar-refractivity contribution in [3.8, 4) is 22.8 Å². The Morgan fingerprint density at radius 2 is 2.00 bits per heavy atom. The first-order valence-corrected chi connectivity index (χ1v) is 13.0. The van der Waals surface area contributed by atoms with E-state index >= 15 is 0 Å². The normalized spacial score (nSPS) is 19.1. The van der Waals surface area contributed by atoms with Crippen molar-refractivity contribution < 1.29 is 27.2 Å². The number of benzene rings is 1. The molecule has 2 aromatic heterocycles. The van der Waals surface area contributed by atoms with Crippen LogP contribution in [0.3, 0.4) is 0 Å². The summed E-state index contributed by atoms with van der Waals surface area (Å²) in [7, 11) is -3.15. The van der Waals surface area contributed by atoms with E-state index in [0.717, 1.165) is 10.4 Å². The second-order valence-electron chi connectivity index (χ2n) is 7.95. The molecular formula is C22H22N2O6S2. The van der Waals surface area contributed by atoms with Crippen LogP contribution in [0.2, 0.25) is 0 Å². The number of rotatable bonds is 5. The zero-order chi connectivity index (χ0) is 22.3. The summed E-state index contributed by atoms with van der Waals surface area (Å²) in [5.74, 6) is 1.42. The molecule has 1 unspecified atom stereocenters. The smallest absolute Gasteiger partial charge is 0.276 e. The summed E-state index contributed by atoms with van der Waals surface area (Å²) in [5.41, 5.74) is 1.93. The number of amides is 1. The second-order valence-corrected chi connectivity index (χ2v) is 11.2. The van der Waals surface area contributed by atoms with E-state index in [4.69, 9.17) is 14.0 Å². The van der Waals surface area contributed by atoms with E-state index in [1.165, 1.54) is 0 Å². The Morgan fingerprint density at radius 1 is 1.19 bits per heavy atom. The van der Waals surface area contributed by atoms with Crippen molar-refractivity contribution in [2.24, 2.45) is 0 Å². The molecule has 3 aromatic rings. The van der Waals surface area contributed by atoms with Gasteiger partial charge in [0.05, 0.1) is 18.1 Å². The molecule has 5 rings (SSSR count). The van der Waals surface area contributed by atoms with E-state index in [1.807, 2.05) is 24.4 Å². The van der Waals surface area contributed by atoms with Crippen molar-refractivity contribution in [1.29, 1.82) is 0 Å². The van der Waals surface area contributed by atoms with Gasteiger partial charge in [0.25, 0.3) is 5.91 Å². The van der Waals surface area contributed by atoms with Crippen LogP contribution in [-0.4, -0.2) is 55.1 Å². The molecular weight excluding hydrogens is 452 g/mol. The van der Waals surface area contributed by atoms with Gasteiger partial charge in [-0.2, -0.15) is 0 Å². The van der Waals surface area contributed by atoms with Crippen molar-refractivity contribution in [2.75, 3.05) is 24.7 Å². The lowest BCUT2D eigenvalue weighted by atomic mass is 10.1. The molecule has 1 fully saturated rings. The molecule has 1 saturated heterocycles. The van der Waals surface area contributed by atoms with Crippen molar-refractivity contribution in [3.63, 3.8) is 0 Å².